The highest BCUT2D eigenvalue weighted by atomic mass is 19.3. The largest absolute Gasteiger partial charge is 0.496 e. The molecule has 0 bridgehead atoms. The summed E-state index contributed by atoms with van der Waals surface area (Å²) in [4.78, 5) is 23.1. The van der Waals surface area contributed by atoms with Gasteiger partial charge in [0.2, 0.25) is 5.91 Å². The summed E-state index contributed by atoms with van der Waals surface area (Å²) in [6, 6.07) is 10.6. The molecular formula is C19H19F2NO5. The van der Waals surface area contributed by atoms with Gasteiger partial charge in [-0.2, -0.15) is 8.78 Å². The first-order chi connectivity index (χ1) is 12.9. The highest BCUT2D eigenvalue weighted by Crippen LogP contribution is 2.22. The smallest absolute Gasteiger partial charge is 0.387 e. The van der Waals surface area contributed by atoms with Crippen LogP contribution < -0.4 is 14.8 Å². The van der Waals surface area contributed by atoms with E-state index in [-0.39, 0.29) is 30.2 Å². The number of carboxylic acids is 1. The van der Waals surface area contributed by atoms with Crippen LogP contribution in [0.2, 0.25) is 0 Å². The van der Waals surface area contributed by atoms with Crippen LogP contribution >= 0.6 is 0 Å². The number of methoxy groups -OCH3 is 1. The molecule has 0 radical (unpaired) electrons. The van der Waals surface area contributed by atoms with Crippen LogP contribution in [0.3, 0.4) is 0 Å². The molecule has 0 unspecified atom stereocenters. The molecular weight excluding hydrogens is 360 g/mol. The van der Waals surface area contributed by atoms with Crippen molar-refractivity contribution in [3.63, 3.8) is 0 Å². The Kier molecular flexibility index (Phi) is 7.10. The Balaban J connectivity index is 1.93. The third kappa shape index (κ3) is 5.95. The summed E-state index contributed by atoms with van der Waals surface area (Å²) in [6.07, 6.45) is 0.321. The molecule has 0 heterocycles. The number of aromatic carboxylic acids is 1. The fraction of sp³-hybridized carbons (Fsp3) is 0.263. The van der Waals surface area contributed by atoms with Crippen molar-refractivity contribution in [3.8, 4) is 11.5 Å². The average molecular weight is 379 g/mol. The molecule has 0 fully saturated rings. The molecule has 0 saturated carbocycles. The minimum absolute atomic E-state index is 0.0337. The second kappa shape index (κ2) is 9.51. The number of carbonyl (C=O) groups excluding carboxylic acids is 1. The van der Waals surface area contributed by atoms with E-state index < -0.39 is 12.6 Å². The second-order valence-corrected chi connectivity index (χ2v) is 5.59. The van der Waals surface area contributed by atoms with Crippen molar-refractivity contribution in [1.82, 2.24) is 5.32 Å². The summed E-state index contributed by atoms with van der Waals surface area (Å²) in [5, 5.41) is 11.7. The molecule has 0 atom stereocenters. The predicted molar refractivity (Wildman–Crippen MR) is 93.4 cm³/mol. The Hall–Kier alpha value is -3.16. The summed E-state index contributed by atoms with van der Waals surface area (Å²) < 4.78 is 34.4. The van der Waals surface area contributed by atoms with Crippen LogP contribution in [-0.4, -0.2) is 37.2 Å². The number of benzene rings is 2. The summed E-state index contributed by atoms with van der Waals surface area (Å²) in [5.41, 5.74) is 1.21. The molecule has 0 aliphatic rings. The molecule has 6 nitrogen and oxygen atoms in total. The number of para-hydroxylation sites is 1. The summed E-state index contributed by atoms with van der Waals surface area (Å²) >= 11 is 0. The van der Waals surface area contributed by atoms with Gasteiger partial charge in [0.05, 0.1) is 19.1 Å². The average Bonchev–Trinajstić information content (AvgIpc) is 2.63. The van der Waals surface area contributed by atoms with Gasteiger partial charge in [0.1, 0.15) is 11.5 Å². The Morgan fingerprint density at radius 1 is 1.11 bits per heavy atom. The predicted octanol–water partition coefficient (Wildman–Crippen LogP) is 2.90. The number of carboxylic acid groups (broad SMARTS) is 1. The van der Waals surface area contributed by atoms with Crippen LogP contribution in [0.1, 0.15) is 21.5 Å². The minimum atomic E-state index is -2.96. The lowest BCUT2D eigenvalue weighted by Crippen LogP contribution is -2.27. The van der Waals surface area contributed by atoms with Crippen LogP contribution in [0.4, 0.5) is 8.78 Å². The van der Waals surface area contributed by atoms with Crippen molar-refractivity contribution in [2.24, 2.45) is 0 Å². The number of ether oxygens (including phenoxy) is 2. The molecule has 1 amide bonds. The van der Waals surface area contributed by atoms with Crippen LogP contribution in [-0.2, 0) is 17.6 Å². The zero-order chi connectivity index (χ0) is 19.8. The summed E-state index contributed by atoms with van der Waals surface area (Å²) in [7, 11) is 1.43. The van der Waals surface area contributed by atoms with E-state index in [9.17, 15) is 18.4 Å². The number of hydrogen-bond donors (Lipinski definition) is 2. The molecule has 144 valence electrons. The van der Waals surface area contributed by atoms with E-state index in [4.69, 9.17) is 9.84 Å². The highest BCUT2D eigenvalue weighted by molar-refractivity contribution is 5.88. The quantitative estimate of drug-likeness (QED) is 0.700. The van der Waals surface area contributed by atoms with E-state index in [1.54, 1.807) is 24.3 Å². The first kappa shape index (κ1) is 20.2. The van der Waals surface area contributed by atoms with Crippen LogP contribution in [0.5, 0.6) is 11.5 Å². The van der Waals surface area contributed by atoms with E-state index in [0.717, 1.165) is 5.56 Å². The molecule has 27 heavy (non-hydrogen) atoms. The fourth-order valence-electron chi connectivity index (χ4n) is 2.52. The van der Waals surface area contributed by atoms with Gasteiger partial charge < -0.3 is 19.9 Å². The zero-order valence-corrected chi connectivity index (χ0v) is 14.6. The third-order valence-electron chi connectivity index (χ3n) is 3.79. The lowest BCUT2D eigenvalue weighted by atomic mass is 10.1. The Morgan fingerprint density at radius 3 is 2.52 bits per heavy atom. The molecule has 0 aromatic heterocycles. The van der Waals surface area contributed by atoms with Crippen LogP contribution in [0.25, 0.3) is 0 Å². The zero-order valence-electron chi connectivity index (χ0n) is 14.6. The number of nitrogens with one attached hydrogen (secondary N) is 1. The number of halogens is 2. The third-order valence-corrected chi connectivity index (χ3v) is 3.79. The molecule has 2 rings (SSSR count). The monoisotopic (exact) mass is 379 g/mol. The van der Waals surface area contributed by atoms with E-state index in [1.807, 2.05) is 0 Å². The first-order valence-electron chi connectivity index (χ1n) is 8.10. The van der Waals surface area contributed by atoms with E-state index >= 15 is 0 Å². The first-order valence-corrected chi connectivity index (χ1v) is 8.10. The lowest BCUT2D eigenvalue weighted by Gasteiger charge is -2.12. The van der Waals surface area contributed by atoms with Crippen LogP contribution in [0.15, 0.2) is 42.5 Å². The molecule has 2 N–H and O–H groups in total. The maximum Gasteiger partial charge on any atom is 0.387 e. The number of rotatable bonds is 9. The SMILES string of the molecule is COc1cc(C(=O)O)ccc1CCNC(=O)Cc1ccccc1OC(F)F. The molecule has 8 heteroatoms. The van der Waals surface area contributed by atoms with Crippen molar-refractivity contribution in [2.75, 3.05) is 13.7 Å². The summed E-state index contributed by atoms with van der Waals surface area (Å²) in [6.45, 7) is -2.69. The molecule has 0 aliphatic heterocycles. The van der Waals surface area contributed by atoms with Gasteiger partial charge >= 0.3 is 12.6 Å². The maximum atomic E-state index is 12.4. The number of carbonyl (C=O) groups is 2. The van der Waals surface area contributed by atoms with E-state index in [2.05, 4.69) is 10.1 Å². The fourth-order valence-corrected chi connectivity index (χ4v) is 2.52. The lowest BCUT2D eigenvalue weighted by molar-refractivity contribution is -0.120. The number of hydrogen-bond acceptors (Lipinski definition) is 4. The molecule has 2 aromatic carbocycles. The number of alkyl halides is 2. The van der Waals surface area contributed by atoms with Gasteiger partial charge in [0.15, 0.2) is 0 Å². The Labute approximate surface area is 154 Å². The van der Waals surface area contributed by atoms with Crippen LogP contribution in [0, 0.1) is 0 Å². The van der Waals surface area contributed by atoms with Crippen molar-refractivity contribution < 1.29 is 33.0 Å². The van der Waals surface area contributed by atoms with Gasteiger partial charge in [-0.3, -0.25) is 4.79 Å². The molecule has 2 aromatic rings. The minimum Gasteiger partial charge on any atom is -0.496 e. The summed E-state index contributed by atoms with van der Waals surface area (Å²) in [5.74, 6) is -1.02. The van der Waals surface area contributed by atoms with E-state index in [0.29, 0.717) is 17.7 Å². The van der Waals surface area contributed by atoms with Gasteiger partial charge in [-0.05, 0) is 30.2 Å². The molecule has 0 spiro atoms. The standard InChI is InChI=1S/C19H19F2NO5/c1-26-16-10-14(18(24)25)7-6-12(16)8-9-22-17(23)11-13-4-2-3-5-15(13)27-19(20)21/h2-7,10,19H,8-9,11H2,1H3,(H,22,23)(H,24,25). The van der Waals surface area contributed by atoms with Gasteiger partial charge in [-0.15, -0.1) is 0 Å². The van der Waals surface area contributed by atoms with Crippen molar-refractivity contribution in [1.29, 1.82) is 0 Å². The normalized spacial score (nSPS) is 10.5. The van der Waals surface area contributed by atoms with Crippen molar-refractivity contribution in [3.05, 3.63) is 59.2 Å². The van der Waals surface area contributed by atoms with Crippen molar-refractivity contribution in [2.45, 2.75) is 19.5 Å². The highest BCUT2D eigenvalue weighted by Gasteiger charge is 2.13. The van der Waals surface area contributed by atoms with Gasteiger partial charge in [0, 0.05) is 12.1 Å². The second-order valence-electron chi connectivity index (χ2n) is 5.59. The number of amides is 1. The van der Waals surface area contributed by atoms with Gasteiger partial charge in [0.25, 0.3) is 0 Å². The topological polar surface area (TPSA) is 84.9 Å². The Bertz CT molecular complexity index is 810. The van der Waals surface area contributed by atoms with E-state index in [1.165, 1.54) is 25.3 Å². The Morgan fingerprint density at radius 2 is 1.85 bits per heavy atom. The van der Waals surface area contributed by atoms with Gasteiger partial charge in [-0.25, -0.2) is 4.79 Å². The van der Waals surface area contributed by atoms with Crippen molar-refractivity contribution >= 4 is 11.9 Å². The van der Waals surface area contributed by atoms with Gasteiger partial charge in [-0.1, -0.05) is 24.3 Å². The maximum absolute atomic E-state index is 12.4. The molecule has 0 saturated heterocycles. The molecule has 0 aliphatic carbocycles.